The van der Waals surface area contributed by atoms with Crippen molar-refractivity contribution in [2.24, 2.45) is 0 Å². The number of aryl methyl sites for hydroxylation is 1. The summed E-state index contributed by atoms with van der Waals surface area (Å²) in [4.78, 5) is 9.02. The van der Waals surface area contributed by atoms with Gasteiger partial charge in [-0.2, -0.15) is 5.10 Å². The molecule has 1 atom stereocenters. The van der Waals surface area contributed by atoms with Crippen molar-refractivity contribution in [2.75, 3.05) is 5.32 Å². The maximum Gasteiger partial charge on any atom is 0.223 e. The van der Waals surface area contributed by atoms with Crippen LogP contribution >= 0.6 is 0 Å². The Balaban J connectivity index is 1.82. The third-order valence-electron chi connectivity index (χ3n) is 4.12. The molecule has 3 aromatic rings. The van der Waals surface area contributed by atoms with Gasteiger partial charge in [-0.25, -0.2) is 9.97 Å². The van der Waals surface area contributed by atoms with Crippen LogP contribution in [-0.4, -0.2) is 19.7 Å². The fraction of sp³-hybridized carbons (Fsp3) is 0.316. The molecule has 0 bridgehead atoms. The summed E-state index contributed by atoms with van der Waals surface area (Å²) in [6.07, 6.45) is 4.74. The van der Waals surface area contributed by atoms with Gasteiger partial charge in [0.2, 0.25) is 5.95 Å². The second kappa shape index (κ2) is 7.25. The molecule has 0 unspecified atom stereocenters. The molecule has 0 aliphatic rings. The van der Waals surface area contributed by atoms with Crippen molar-refractivity contribution >= 4 is 5.95 Å². The summed E-state index contributed by atoms with van der Waals surface area (Å²) in [5.74, 6) is 0.631. The topological polar surface area (TPSA) is 55.6 Å². The van der Waals surface area contributed by atoms with E-state index >= 15 is 0 Å². The van der Waals surface area contributed by atoms with Gasteiger partial charge in [0.1, 0.15) is 0 Å². The third kappa shape index (κ3) is 3.45. The molecule has 0 radical (unpaired) electrons. The van der Waals surface area contributed by atoms with E-state index in [9.17, 15) is 0 Å². The lowest BCUT2D eigenvalue weighted by Gasteiger charge is -2.14. The largest absolute Gasteiger partial charge is 0.348 e. The number of benzene rings is 1. The molecule has 3 rings (SSSR count). The normalized spacial score (nSPS) is 12.1. The van der Waals surface area contributed by atoms with Gasteiger partial charge >= 0.3 is 0 Å². The summed E-state index contributed by atoms with van der Waals surface area (Å²) in [5.41, 5.74) is 4.30. The Labute approximate surface area is 142 Å². The predicted molar refractivity (Wildman–Crippen MR) is 96.8 cm³/mol. The van der Waals surface area contributed by atoms with Gasteiger partial charge in [0, 0.05) is 24.0 Å². The molecular formula is C19H23N5. The lowest BCUT2D eigenvalue weighted by atomic mass is 10.1. The molecule has 2 heterocycles. The fourth-order valence-electron chi connectivity index (χ4n) is 2.73. The van der Waals surface area contributed by atoms with Crippen molar-refractivity contribution < 1.29 is 0 Å². The summed E-state index contributed by atoms with van der Waals surface area (Å²) < 4.78 is 2.02. The number of aromatic nitrogens is 4. The van der Waals surface area contributed by atoms with Crippen molar-refractivity contribution in [3.05, 3.63) is 60.0 Å². The predicted octanol–water partition coefficient (Wildman–Crippen LogP) is 4.23. The van der Waals surface area contributed by atoms with Crippen LogP contribution in [0.2, 0.25) is 0 Å². The van der Waals surface area contributed by atoms with Crippen molar-refractivity contribution in [1.82, 2.24) is 19.7 Å². The van der Waals surface area contributed by atoms with Crippen LogP contribution in [0.1, 0.15) is 37.6 Å². The molecule has 5 nitrogen and oxygen atoms in total. The molecule has 5 heteroatoms. The molecule has 0 aliphatic heterocycles. The van der Waals surface area contributed by atoms with Gasteiger partial charge in [-0.1, -0.05) is 37.3 Å². The van der Waals surface area contributed by atoms with Crippen molar-refractivity contribution in [2.45, 2.75) is 39.8 Å². The van der Waals surface area contributed by atoms with Gasteiger partial charge < -0.3 is 5.32 Å². The molecule has 0 saturated heterocycles. The quantitative estimate of drug-likeness (QED) is 0.738. The van der Waals surface area contributed by atoms with E-state index in [4.69, 9.17) is 0 Å². The first kappa shape index (κ1) is 16.2. The van der Waals surface area contributed by atoms with Crippen LogP contribution in [-0.2, 0) is 6.54 Å². The summed E-state index contributed by atoms with van der Waals surface area (Å²) >= 11 is 0. The zero-order valence-electron chi connectivity index (χ0n) is 14.4. The van der Waals surface area contributed by atoms with Crippen molar-refractivity contribution in [3.8, 4) is 11.3 Å². The van der Waals surface area contributed by atoms with Crippen molar-refractivity contribution in [1.29, 1.82) is 0 Å². The van der Waals surface area contributed by atoms with E-state index in [0.29, 0.717) is 5.95 Å². The Hall–Kier alpha value is -2.69. The molecule has 1 N–H and O–H groups in total. The highest BCUT2D eigenvalue weighted by Crippen LogP contribution is 2.23. The van der Waals surface area contributed by atoms with Crippen molar-refractivity contribution in [3.63, 3.8) is 0 Å². The van der Waals surface area contributed by atoms with E-state index in [1.165, 1.54) is 5.56 Å². The molecule has 0 saturated carbocycles. The van der Waals surface area contributed by atoms with Gasteiger partial charge in [-0.15, -0.1) is 0 Å². The van der Waals surface area contributed by atoms with E-state index in [1.54, 1.807) is 6.20 Å². The summed E-state index contributed by atoms with van der Waals surface area (Å²) in [5, 5.41) is 7.83. The minimum absolute atomic E-state index is 0.144. The van der Waals surface area contributed by atoms with Gasteiger partial charge in [0.25, 0.3) is 0 Å². The Morgan fingerprint density at radius 1 is 1.17 bits per heavy atom. The van der Waals surface area contributed by atoms with E-state index in [2.05, 4.69) is 53.3 Å². The molecule has 24 heavy (non-hydrogen) atoms. The molecule has 0 fully saturated rings. The van der Waals surface area contributed by atoms with Crippen LogP contribution in [0.25, 0.3) is 11.3 Å². The van der Waals surface area contributed by atoms with E-state index in [0.717, 1.165) is 29.9 Å². The second-order valence-electron chi connectivity index (χ2n) is 5.91. The Bertz CT molecular complexity index is 795. The number of rotatable bonds is 6. The first-order chi connectivity index (χ1) is 11.7. The van der Waals surface area contributed by atoms with Crippen LogP contribution in [0.15, 0.2) is 48.8 Å². The van der Waals surface area contributed by atoms with E-state index in [-0.39, 0.29) is 6.04 Å². The highest BCUT2D eigenvalue weighted by molar-refractivity contribution is 5.61. The SMILES string of the molecule is CCCn1ncc(-c2ccnc(N[C@H](C)c3ccccc3)n2)c1C. The number of anilines is 1. The third-order valence-corrected chi connectivity index (χ3v) is 4.12. The molecule has 2 aromatic heterocycles. The number of hydrogen-bond donors (Lipinski definition) is 1. The number of nitrogens with one attached hydrogen (secondary N) is 1. The van der Waals surface area contributed by atoms with Gasteiger partial charge in [0.15, 0.2) is 0 Å². The second-order valence-corrected chi connectivity index (χ2v) is 5.91. The number of nitrogens with zero attached hydrogens (tertiary/aromatic N) is 4. The first-order valence-corrected chi connectivity index (χ1v) is 8.36. The maximum absolute atomic E-state index is 4.67. The van der Waals surface area contributed by atoms with Crippen LogP contribution in [0.3, 0.4) is 0 Å². The summed E-state index contributed by atoms with van der Waals surface area (Å²) in [6.45, 7) is 7.27. The highest BCUT2D eigenvalue weighted by Gasteiger charge is 2.12. The Morgan fingerprint density at radius 3 is 2.71 bits per heavy atom. The molecular weight excluding hydrogens is 298 g/mol. The lowest BCUT2D eigenvalue weighted by Crippen LogP contribution is -2.09. The molecule has 1 aromatic carbocycles. The Morgan fingerprint density at radius 2 is 1.96 bits per heavy atom. The molecule has 0 amide bonds. The lowest BCUT2D eigenvalue weighted by molar-refractivity contribution is 0.587. The minimum Gasteiger partial charge on any atom is -0.348 e. The van der Waals surface area contributed by atoms with Crippen LogP contribution in [0, 0.1) is 6.92 Å². The monoisotopic (exact) mass is 321 g/mol. The summed E-state index contributed by atoms with van der Waals surface area (Å²) in [6, 6.07) is 12.4. The fourth-order valence-corrected chi connectivity index (χ4v) is 2.73. The smallest absolute Gasteiger partial charge is 0.223 e. The van der Waals surface area contributed by atoms with Gasteiger partial charge in [-0.05, 0) is 31.9 Å². The Kier molecular flexibility index (Phi) is 4.89. The average Bonchev–Trinajstić information content (AvgIpc) is 2.97. The van der Waals surface area contributed by atoms with E-state index < -0.39 is 0 Å². The average molecular weight is 321 g/mol. The molecule has 124 valence electrons. The van der Waals surface area contributed by atoms with Crippen LogP contribution in [0.5, 0.6) is 0 Å². The molecule has 0 aliphatic carbocycles. The highest BCUT2D eigenvalue weighted by atomic mass is 15.3. The maximum atomic E-state index is 4.67. The minimum atomic E-state index is 0.144. The zero-order chi connectivity index (χ0) is 16.9. The zero-order valence-corrected chi connectivity index (χ0v) is 14.4. The standard InChI is InChI=1S/C19H23N5/c1-4-12-24-15(3)17(13-21-24)18-10-11-20-19(23-18)22-14(2)16-8-6-5-7-9-16/h5-11,13-14H,4,12H2,1-3H3,(H,20,22,23)/t14-/m1/s1. The van der Waals surface area contributed by atoms with Crippen LogP contribution < -0.4 is 5.32 Å². The van der Waals surface area contributed by atoms with Gasteiger partial charge in [0.05, 0.1) is 17.9 Å². The first-order valence-electron chi connectivity index (χ1n) is 8.36. The van der Waals surface area contributed by atoms with E-state index in [1.807, 2.05) is 35.1 Å². The van der Waals surface area contributed by atoms with Crippen LogP contribution in [0.4, 0.5) is 5.95 Å². The van der Waals surface area contributed by atoms with Gasteiger partial charge in [-0.3, -0.25) is 4.68 Å². The number of hydrogen-bond acceptors (Lipinski definition) is 4. The molecule has 0 spiro atoms. The summed E-state index contributed by atoms with van der Waals surface area (Å²) in [7, 11) is 0.